The number of nitrogens with two attached hydrogens (primary N) is 1. The number of hydrogen-bond donors (Lipinski definition) is 1. The Labute approximate surface area is 87.5 Å². The Morgan fingerprint density at radius 3 is 2.93 bits per heavy atom. The highest BCUT2D eigenvalue weighted by molar-refractivity contribution is 7.10. The molecule has 1 unspecified atom stereocenters. The molecule has 1 aliphatic rings. The first-order valence-corrected chi connectivity index (χ1v) is 5.58. The molecule has 0 bridgehead atoms. The van der Waals surface area contributed by atoms with Crippen LogP contribution in [0.3, 0.4) is 0 Å². The number of thiophene rings is 1. The molecule has 2 rings (SSSR count). The van der Waals surface area contributed by atoms with Gasteiger partial charge in [-0.15, -0.1) is 11.3 Å². The number of rotatable bonds is 2. The molecule has 1 aliphatic heterocycles. The fourth-order valence-electron chi connectivity index (χ4n) is 2.00. The van der Waals surface area contributed by atoms with Crippen LogP contribution < -0.4 is 5.73 Å². The van der Waals surface area contributed by atoms with Crippen molar-refractivity contribution in [1.82, 2.24) is 4.90 Å². The van der Waals surface area contributed by atoms with Gasteiger partial charge in [0.15, 0.2) is 0 Å². The summed E-state index contributed by atoms with van der Waals surface area (Å²) in [5.74, 6) is 0.169. The van der Waals surface area contributed by atoms with Gasteiger partial charge in [-0.05, 0) is 17.9 Å². The normalized spacial score (nSPS) is 27.3. The molecule has 4 heteroatoms. The van der Waals surface area contributed by atoms with E-state index in [1.807, 2.05) is 24.6 Å². The van der Waals surface area contributed by atoms with Crippen molar-refractivity contribution in [1.29, 1.82) is 0 Å². The third kappa shape index (κ3) is 1.18. The lowest BCUT2D eigenvalue weighted by molar-refractivity contribution is -0.131. The zero-order valence-electron chi connectivity index (χ0n) is 8.19. The average Bonchev–Trinajstić information content (AvgIpc) is 2.79. The molecule has 76 valence electrons. The highest BCUT2D eigenvalue weighted by atomic mass is 32.1. The van der Waals surface area contributed by atoms with Crippen LogP contribution >= 0.6 is 11.3 Å². The average molecular weight is 210 g/mol. The summed E-state index contributed by atoms with van der Waals surface area (Å²) in [4.78, 5) is 14.9. The van der Waals surface area contributed by atoms with Gasteiger partial charge in [-0.3, -0.25) is 4.79 Å². The summed E-state index contributed by atoms with van der Waals surface area (Å²) < 4.78 is 0. The lowest BCUT2D eigenvalue weighted by atomic mass is 9.85. The Bertz CT molecular complexity index is 336. The maximum Gasteiger partial charge on any atom is 0.235 e. The smallest absolute Gasteiger partial charge is 0.235 e. The molecule has 0 saturated carbocycles. The van der Waals surface area contributed by atoms with Crippen molar-refractivity contribution < 1.29 is 4.79 Å². The van der Waals surface area contributed by atoms with Crippen LogP contribution in [0.15, 0.2) is 17.5 Å². The Kier molecular flexibility index (Phi) is 2.33. The van der Waals surface area contributed by atoms with Gasteiger partial charge in [-0.25, -0.2) is 0 Å². The zero-order chi connectivity index (χ0) is 10.2. The van der Waals surface area contributed by atoms with Crippen LogP contribution in [-0.2, 0) is 10.2 Å². The number of amides is 1. The first-order valence-electron chi connectivity index (χ1n) is 4.70. The van der Waals surface area contributed by atoms with Crippen LogP contribution in [-0.4, -0.2) is 30.9 Å². The summed E-state index contributed by atoms with van der Waals surface area (Å²) >= 11 is 1.62. The van der Waals surface area contributed by atoms with E-state index < -0.39 is 5.41 Å². The van der Waals surface area contributed by atoms with Crippen molar-refractivity contribution in [3.8, 4) is 0 Å². The van der Waals surface area contributed by atoms with Crippen LogP contribution in [0, 0.1) is 0 Å². The predicted octanol–water partition coefficient (Wildman–Crippen LogP) is 0.807. The van der Waals surface area contributed by atoms with Crippen LogP contribution in [0.4, 0.5) is 0 Å². The van der Waals surface area contributed by atoms with Crippen LogP contribution in [0.5, 0.6) is 0 Å². The highest BCUT2D eigenvalue weighted by Crippen LogP contribution is 2.36. The third-order valence-electron chi connectivity index (χ3n) is 2.97. The molecule has 14 heavy (non-hydrogen) atoms. The van der Waals surface area contributed by atoms with Crippen molar-refractivity contribution in [2.24, 2.45) is 5.73 Å². The van der Waals surface area contributed by atoms with Gasteiger partial charge in [0, 0.05) is 25.0 Å². The van der Waals surface area contributed by atoms with Gasteiger partial charge >= 0.3 is 0 Å². The van der Waals surface area contributed by atoms with Crippen LogP contribution in [0.1, 0.15) is 11.3 Å². The van der Waals surface area contributed by atoms with Crippen molar-refractivity contribution in [2.75, 3.05) is 20.1 Å². The Balaban J connectivity index is 2.41. The predicted molar refractivity (Wildman–Crippen MR) is 57.3 cm³/mol. The van der Waals surface area contributed by atoms with Crippen molar-refractivity contribution in [3.05, 3.63) is 22.4 Å². The van der Waals surface area contributed by atoms with E-state index in [1.54, 1.807) is 16.2 Å². The molecule has 3 nitrogen and oxygen atoms in total. The maximum atomic E-state index is 12.0. The molecule has 1 fully saturated rings. The molecule has 1 aromatic rings. The summed E-state index contributed by atoms with van der Waals surface area (Å²) in [6.07, 6.45) is 0.847. The number of carbonyl (C=O) groups is 1. The topological polar surface area (TPSA) is 46.3 Å². The van der Waals surface area contributed by atoms with E-state index in [0.29, 0.717) is 6.54 Å². The molecule has 0 radical (unpaired) electrons. The number of nitrogens with zero attached hydrogens (tertiary/aromatic N) is 1. The highest BCUT2D eigenvalue weighted by Gasteiger charge is 2.46. The van der Waals surface area contributed by atoms with E-state index >= 15 is 0 Å². The van der Waals surface area contributed by atoms with E-state index in [-0.39, 0.29) is 5.91 Å². The largest absolute Gasteiger partial charge is 0.345 e. The van der Waals surface area contributed by atoms with Crippen LogP contribution in [0.25, 0.3) is 0 Å². The second-order valence-corrected chi connectivity index (χ2v) is 4.69. The van der Waals surface area contributed by atoms with Crippen LogP contribution in [0.2, 0.25) is 0 Å². The van der Waals surface area contributed by atoms with Gasteiger partial charge in [-0.1, -0.05) is 6.07 Å². The maximum absolute atomic E-state index is 12.0. The minimum Gasteiger partial charge on any atom is -0.345 e. The fourth-order valence-corrected chi connectivity index (χ4v) is 2.96. The van der Waals surface area contributed by atoms with Crippen molar-refractivity contribution in [3.63, 3.8) is 0 Å². The molecular formula is C10H14N2OS. The molecule has 2 heterocycles. The summed E-state index contributed by atoms with van der Waals surface area (Å²) in [6, 6.07) is 3.98. The van der Waals surface area contributed by atoms with E-state index in [2.05, 4.69) is 0 Å². The first kappa shape index (κ1) is 9.68. The second-order valence-electron chi connectivity index (χ2n) is 3.74. The van der Waals surface area contributed by atoms with E-state index in [0.717, 1.165) is 17.8 Å². The standard InChI is InChI=1S/C10H14N2OS/c1-12-5-4-10(7-11,9(12)13)8-3-2-6-14-8/h2-3,6H,4-5,7,11H2,1H3. The number of hydrogen-bond acceptors (Lipinski definition) is 3. The lowest BCUT2D eigenvalue weighted by Gasteiger charge is -2.23. The molecule has 0 aliphatic carbocycles. The molecule has 0 spiro atoms. The van der Waals surface area contributed by atoms with Crippen molar-refractivity contribution >= 4 is 17.2 Å². The zero-order valence-corrected chi connectivity index (χ0v) is 9.01. The number of likely N-dealkylation sites (tertiary alicyclic amines) is 1. The molecule has 1 saturated heterocycles. The monoisotopic (exact) mass is 210 g/mol. The number of likely N-dealkylation sites (N-methyl/N-ethyl adjacent to an activating group) is 1. The molecule has 0 aromatic carbocycles. The molecular weight excluding hydrogens is 196 g/mol. The summed E-state index contributed by atoms with van der Waals surface area (Å²) in [5, 5.41) is 2.00. The summed E-state index contributed by atoms with van der Waals surface area (Å²) in [5.41, 5.74) is 5.34. The van der Waals surface area contributed by atoms with Gasteiger partial charge in [0.25, 0.3) is 0 Å². The summed E-state index contributed by atoms with van der Waals surface area (Å²) in [6.45, 7) is 1.23. The van der Waals surface area contributed by atoms with E-state index in [4.69, 9.17) is 5.73 Å². The molecule has 1 aromatic heterocycles. The SMILES string of the molecule is CN1CCC(CN)(c2cccs2)C1=O. The first-order chi connectivity index (χ1) is 6.70. The fraction of sp³-hybridized carbons (Fsp3) is 0.500. The minimum atomic E-state index is -0.428. The Hall–Kier alpha value is -0.870. The van der Waals surface area contributed by atoms with Gasteiger partial charge in [0.1, 0.15) is 0 Å². The third-order valence-corrected chi connectivity index (χ3v) is 4.05. The van der Waals surface area contributed by atoms with Gasteiger partial charge < -0.3 is 10.6 Å². The van der Waals surface area contributed by atoms with Crippen molar-refractivity contribution in [2.45, 2.75) is 11.8 Å². The summed E-state index contributed by atoms with van der Waals surface area (Å²) in [7, 11) is 1.84. The van der Waals surface area contributed by atoms with Gasteiger partial charge in [0.05, 0.1) is 5.41 Å². The van der Waals surface area contributed by atoms with Gasteiger partial charge in [0.2, 0.25) is 5.91 Å². The quantitative estimate of drug-likeness (QED) is 0.785. The Morgan fingerprint density at radius 1 is 1.71 bits per heavy atom. The minimum absolute atomic E-state index is 0.169. The van der Waals surface area contributed by atoms with Gasteiger partial charge in [-0.2, -0.15) is 0 Å². The van der Waals surface area contributed by atoms with E-state index in [9.17, 15) is 4.79 Å². The number of carbonyl (C=O) groups excluding carboxylic acids is 1. The van der Waals surface area contributed by atoms with E-state index in [1.165, 1.54) is 0 Å². The molecule has 1 amide bonds. The molecule has 2 N–H and O–H groups in total. The second kappa shape index (κ2) is 3.37. The Morgan fingerprint density at radius 2 is 2.50 bits per heavy atom. The lowest BCUT2D eigenvalue weighted by Crippen LogP contribution is -2.41. The molecule has 1 atom stereocenters.